The maximum Gasteiger partial charge on any atom is 0.269 e. The Kier molecular flexibility index (Phi) is 9.43. The van der Waals surface area contributed by atoms with Crippen molar-refractivity contribution in [1.82, 2.24) is 10.2 Å². The van der Waals surface area contributed by atoms with Gasteiger partial charge in [-0.05, 0) is 23.6 Å². The summed E-state index contributed by atoms with van der Waals surface area (Å²) in [6.45, 7) is 2.32. The molecule has 0 fully saturated rings. The van der Waals surface area contributed by atoms with Gasteiger partial charge in [-0.15, -0.1) is 11.8 Å². The minimum Gasteiger partial charge on any atom is -0.357 e. The van der Waals surface area contributed by atoms with Gasteiger partial charge in [-0.1, -0.05) is 72.3 Å². The molecular formula is C27H29N3O4S. The summed E-state index contributed by atoms with van der Waals surface area (Å²) in [6, 6.07) is 23.2. The molecule has 0 unspecified atom stereocenters. The molecular weight excluding hydrogens is 462 g/mol. The molecule has 0 bridgehead atoms. The van der Waals surface area contributed by atoms with Crippen LogP contribution in [-0.4, -0.2) is 40.5 Å². The second kappa shape index (κ2) is 12.7. The first-order valence-electron chi connectivity index (χ1n) is 11.3. The highest BCUT2D eigenvalue weighted by molar-refractivity contribution is 7.99. The van der Waals surface area contributed by atoms with Crippen molar-refractivity contribution in [1.29, 1.82) is 0 Å². The number of nitrogens with one attached hydrogen (secondary N) is 1. The molecule has 0 saturated carbocycles. The lowest BCUT2D eigenvalue weighted by Crippen LogP contribution is -2.50. The molecule has 7 nitrogen and oxygen atoms in total. The zero-order chi connectivity index (χ0) is 25.2. The van der Waals surface area contributed by atoms with Crippen LogP contribution in [0.5, 0.6) is 0 Å². The van der Waals surface area contributed by atoms with Crippen LogP contribution in [-0.2, 0) is 28.3 Å². The van der Waals surface area contributed by atoms with Crippen molar-refractivity contribution in [3.8, 4) is 0 Å². The first kappa shape index (κ1) is 26.0. The zero-order valence-electron chi connectivity index (χ0n) is 19.8. The number of nitro groups is 1. The molecule has 0 aliphatic carbocycles. The number of carbonyl (C=O) groups is 2. The average molecular weight is 492 g/mol. The fourth-order valence-electron chi connectivity index (χ4n) is 3.78. The molecule has 3 rings (SSSR count). The lowest BCUT2D eigenvalue weighted by molar-refractivity contribution is -0.384. The minimum atomic E-state index is -0.657. The van der Waals surface area contributed by atoms with Crippen molar-refractivity contribution in [3.63, 3.8) is 0 Å². The smallest absolute Gasteiger partial charge is 0.269 e. The number of nitro benzene ring substituents is 1. The van der Waals surface area contributed by atoms with E-state index in [0.29, 0.717) is 18.7 Å². The van der Waals surface area contributed by atoms with Crippen molar-refractivity contribution in [2.24, 2.45) is 0 Å². The summed E-state index contributed by atoms with van der Waals surface area (Å²) < 4.78 is 0. The van der Waals surface area contributed by atoms with Crippen molar-refractivity contribution < 1.29 is 14.5 Å². The third kappa shape index (κ3) is 7.68. The number of rotatable bonds is 11. The fraction of sp³-hybridized carbons (Fsp3) is 0.259. The molecule has 0 radical (unpaired) electrons. The summed E-state index contributed by atoms with van der Waals surface area (Å²) in [6.07, 6.45) is 0.408. The van der Waals surface area contributed by atoms with E-state index in [1.54, 1.807) is 24.1 Å². The van der Waals surface area contributed by atoms with Crippen molar-refractivity contribution >= 4 is 29.3 Å². The number of nitrogens with zero attached hydrogens (tertiary/aromatic N) is 2. The number of hydrogen-bond acceptors (Lipinski definition) is 5. The largest absolute Gasteiger partial charge is 0.357 e. The van der Waals surface area contributed by atoms with Crippen molar-refractivity contribution in [2.75, 3.05) is 12.8 Å². The van der Waals surface area contributed by atoms with Gasteiger partial charge in [-0.2, -0.15) is 0 Å². The lowest BCUT2D eigenvalue weighted by atomic mass is 10.0. The second-order valence-corrected chi connectivity index (χ2v) is 9.23. The van der Waals surface area contributed by atoms with Gasteiger partial charge in [0, 0.05) is 37.9 Å². The molecule has 1 N–H and O–H groups in total. The van der Waals surface area contributed by atoms with Gasteiger partial charge < -0.3 is 10.2 Å². The Hall–Kier alpha value is -3.65. The van der Waals surface area contributed by atoms with Crippen LogP contribution in [0.4, 0.5) is 5.69 Å². The third-order valence-corrected chi connectivity index (χ3v) is 6.58. The monoisotopic (exact) mass is 491 g/mol. The minimum absolute atomic E-state index is 0.0356. The molecule has 0 aliphatic rings. The molecule has 1 atom stereocenters. The van der Waals surface area contributed by atoms with E-state index in [-0.39, 0.29) is 23.3 Å². The molecule has 8 heteroatoms. The van der Waals surface area contributed by atoms with E-state index in [9.17, 15) is 19.7 Å². The number of hydrogen-bond donors (Lipinski definition) is 1. The van der Waals surface area contributed by atoms with E-state index in [1.165, 1.54) is 23.9 Å². The van der Waals surface area contributed by atoms with Crippen LogP contribution >= 0.6 is 11.8 Å². The Morgan fingerprint density at radius 2 is 1.66 bits per heavy atom. The van der Waals surface area contributed by atoms with Gasteiger partial charge in [0.15, 0.2) is 0 Å². The Bertz CT molecular complexity index is 1150. The summed E-state index contributed by atoms with van der Waals surface area (Å²) in [7, 11) is 1.58. The van der Waals surface area contributed by atoms with Crippen molar-refractivity contribution in [2.45, 2.75) is 31.7 Å². The Labute approximate surface area is 209 Å². The summed E-state index contributed by atoms with van der Waals surface area (Å²) in [5.41, 5.74) is 3.95. The van der Waals surface area contributed by atoms with E-state index in [1.807, 2.05) is 61.5 Å². The van der Waals surface area contributed by atoms with Gasteiger partial charge in [0.1, 0.15) is 6.04 Å². The average Bonchev–Trinajstić information content (AvgIpc) is 2.86. The van der Waals surface area contributed by atoms with Gasteiger partial charge in [0.05, 0.1) is 10.7 Å². The van der Waals surface area contributed by atoms with E-state index >= 15 is 0 Å². The topological polar surface area (TPSA) is 92.6 Å². The number of non-ortho nitro benzene ring substituents is 1. The number of aryl methyl sites for hydroxylation is 1. The van der Waals surface area contributed by atoms with Crippen LogP contribution in [0.1, 0.15) is 22.3 Å². The van der Waals surface area contributed by atoms with Gasteiger partial charge in [-0.25, -0.2) is 0 Å². The molecule has 35 heavy (non-hydrogen) atoms. The molecule has 0 saturated heterocycles. The van der Waals surface area contributed by atoms with Crippen LogP contribution in [0.3, 0.4) is 0 Å². The summed E-state index contributed by atoms with van der Waals surface area (Å²) >= 11 is 1.42. The lowest BCUT2D eigenvalue weighted by Gasteiger charge is -2.31. The highest BCUT2D eigenvalue weighted by Crippen LogP contribution is 2.20. The molecule has 0 aromatic heterocycles. The van der Waals surface area contributed by atoms with E-state index in [0.717, 1.165) is 22.3 Å². The van der Waals surface area contributed by atoms with Crippen molar-refractivity contribution in [3.05, 3.63) is 111 Å². The van der Waals surface area contributed by atoms with Crippen LogP contribution in [0.2, 0.25) is 0 Å². The van der Waals surface area contributed by atoms with Gasteiger partial charge in [0.2, 0.25) is 11.8 Å². The predicted molar refractivity (Wildman–Crippen MR) is 139 cm³/mol. The van der Waals surface area contributed by atoms with Crippen LogP contribution in [0.15, 0.2) is 78.9 Å². The standard InChI is InChI=1S/C27H29N3O4S/c1-20-7-6-10-23(15-20)17-29(25(27(32)28-2)16-21-8-4-3-5-9-21)26(31)19-35-18-22-11-13-24(14-12-22)30(33)34/h3-15,25H,16-19H2,1-2H3,(H,28,32)/t25-/m1/s1. The van der Waals surface area contributed by atoms with Crippen LogP contribution in [0, 0.1) is 17.0 Å². The Morgan fingerprint density at radius 3 is 2.29 bits per heavy atom. The van der Waals surface area contributed by atoms with Crippen LogP contribution in [0.25, 0.3) is 0 Å². The number of carbonyl (C=O) groups excluding carboxylic acids is 2. The maximum absolute atomic E-state index is 13.5. The zero-order valence-corrected chi connectivity index (χ0v) is 20.7. The highest BCUT2D eigenvalue weighted by Gasteiger charge is 2.29. The first-order chi connectivity index (χ1) is 16.9. The van der Waals surface area contributed by atoms with E-state index < -0.39 is 11.0 Å². The van der Waals surface area contributed by atoms with Gasteiger partial charge in [0.25, 0.3) is 5.69 Å². The van der Waals surface area contributed by atoms with Gasteiger partial charge >= 0.3 is 0 Å². The number of thioether (sulfide) groups is 1. The molecule has 0 aliphatic heterocycles. The van der Waals surface area contributed by atoms with E-state index in [2.05, 4.69) is 5.32 Å². The van der Waals surface area contributed by atoms with Crippen LogP contribution < -0.4 is 5.32 Å². The predicted octanol–water partition coefficient (Wildman–Crippen LogP) is 4.52. The molecule has 3 aromatic carbocycles. The SMILES string of the molecule is CNC(=O)[C@@H](Cc1ccccc1)N(Cc1cccc(C)c1)C(=O)CSCc1ccc([N+](=O)[O-])cc1. The number of likely N-dealkylation sites (N-methyl/N-ethyl adjacent to an activating group) is 1. The summed E-state index contributed by atoms with van der Waals surface area (Å²) in [5.74, 6) is 0.370. The van der Waals surface area contributed by atoms with Gasteiger partial charge in [-0.3, -0.25) is 19.7 Å². The molecule has 0 heterocycles. The molecule has 0 spiro atoms. The second-order valence-electron chi connectivity index (χ2n) is 8.25. The third-order valence-electron chi connectivity index (χ3n) is 5.59. The molecule has 3 aromatic rings. The molecule has 182 valence electrons. The summed E-state index contributed by atoms with van der Waals surface area (Å²) in [4.78, 5) is 38.5. The maximum atomic E-state index is 13.5. The summed E-state index contributed by atoms with van der Waals surface area (Å²) in [5, 5.41) is 13.6. The Balaban J connectivity index is 1.78. The fourth-order valence-corrected chi connectivity index (χ4v) is 4.65. The Morgan fingerprint density at radius 1 is 0.971 bits per heavy atom. The number of amides is 2. The quantitative estimate of drug-likeness (QED) is 0.314. The molecule has 2 amide bonds. The number of benzene rings is 3. The first-order valence-corrected chi connectivity index (χ1v) is 12.4. The normalized spacial score (nSPS) is 11.5. The van der Waals surface area contributed by atoms with E-state index in [4.69, 9.17) is 0 Å². The highest BCUT2D eigenvalue weighted by atomic mass is 32.2.